The van der Waals surface area contributed by atoms with E-state index >= 15 is 0 Å². The van der Waals surface area contributed by atoms with E-state index < -0.39 is 0 Å². The maximum Gasteiger partial charge on any atom is 0.280 e. The molecule has 0 unspecified atom stereocenters. The van der Waals surface area contributed by atoms with Crippen LogP contribution in [0.5, 0.6) is 0 Å². The minimum absolute atomic E-state index is 0.0291. The van der Waals surface area contributed by atoms with Crippen molar-refractivity contribution in [1.29, 1.82) is 0 Å². The quantitative estimate of drug-likeness (QED) is 0.545. The zero-order chi connectivity index (χ0) is 15.5. The van der Waals surface area contributed by atoms with Crippen molar-refractivity contribution in [2.75, 3.05) is 26.1 Å². The Labute approximate surface area is 116 Å². The summed E-state index contributed by atoms with van der Waals surface area (Å²) >= 11 is 0. The molecule has 2 rings (SSSR count). The summed E-state index contributed by atoms with van der Waals surface area (Å²) in [7, 11) is 1.00. The lowest BCUT2D eigenvalue weighted by molar-refractivity contribution is 0.0499. The summed E-state index contributed by atoms with van der Waals surface area (Å²) in [5, 5.41) is 15.6. The summed E-state index contributed by atoms with van der Waals surface area (Å²) in [5.41, 5.74) is 5.60. The van der Waals surface area contributed by atoms with E-state index in [-0.39, 0.29) is 37.0 Å². The van der Waals surface area contributed by atoms with Crippen molar-refractivity contribution in [3.8, 4) is 0 Å². The number of rotatable bonds is 4. The highest BCUT2D eigenvalue weighted by molar-refractivity contribution is 5.70. The highest BCUT2D eigenvalue weighted by Crippen LogP contribution is 2.05. The number of imidazole rings is 1. The number of hydrogen-bond donors (Lipinski definition) is 4. The van der Waals surface area contributed by atoms with Crippen LogP contribution in [0.2, 0.25) is 0 Å². The minimum Gasteiger partial charge on any atom is -0.400 e. The molecule has 0 spiro atoms. The van der Waals surface area contributed by atoms with Crippen molar-refractivity contribution in [2.24, 2.45) is 0 Å². The fourth-order valence-corrected chi connectivity index (χ4v) is 1.29. The molecule has 0 amide bonds. The number of H-pyrrole nitrogens is 1. The molecule has 9 nitrogen and oxygen atoms in total. The lowest BCUT2D eigenvalue weighted by Gasteiger charge is -2.03. The second kappa shape index (κ2) is 9.89. The molecule has 0 aliphatic rings. The largest absolute Gasteiger partial charge is 0.400 e. The first-order valence-corrected chi connectivity index (χ1v) is 6.06. The number of nitrogens with one attached hydrogen (secondary N) is 1. The van der Waals surface area contributed by atoms with E-state index in [0.29, 0.717) is 5.65 Å². The molecular weight excluding hydrogens is 266 g/mol. The Morgan fingerprint density at radius 3 is 2.70 bits per heavy atom. The van der Waals surface area contributed by atoms with Crippen LogP contribution >= 0.6 is 0 Å². The zero-order valence-electron chi connectivity index (χ0n) is 11.8. The predicted molar refractivity (Wildman–Crippen MR) is 75.1 cm³/mol. The fourth-order valence-electron chi connectivity index (χ4n) is 1.29. The topological polar surface area (TPSA) is 139 Å². The van der Waals surface area contributed by atoms with Crippen molar-refractivity contribution in [3.05, 3.63) is 16.7 Å². The van der Waals surface area contributed by atoms with Crippen LogP contribution in [0.15, 0.2) is 11.1 Å². The van der Waals surface area contributed by atoms with Gasteiger partial charge >= 0.3 is 0 Å². The summed E-state index contributed by atoms with van der Waals surface area (Å²) in [6.45, 7) is 4.30. The standard InChI is InChI=1S/C8H11N5O3.C2H6.CH4O/c9-8-11-6-5(7(15)12-8)10-3-13(6)4-16-2-1-14;2*1-2/h3,14H,1-2,4H2,(H3,9,11,12,15);1-2H3;2H,1H3. The van der Waals surface area contributed by atoms with E-state index in [1.165, 1.54) is 10.9 Å². The Morgan fingerprint density at radius 2 is 2.10 bits per heavy atom. The van der Waals surface area contributed by atoms with E-state index in [2.05, 4.69) is 15.0 Å². The molecule has 0 atom stereocenters. The van der Waals surface area contributed by atoms with Crippen LogP contribution in [-0.4, -0.2) is 50.1 Å². The molecule has 2 aromatic heterocycles. The molecule has 0 saturated heterocycles. The van der Waals surface area contributed by atoms with Crippen LogP contribution in [0, 0.1) is 0 Å². The third-order valence-electron chi connectivity index (χ3n) is 1.96. The van der Waals surface area contributed by atoms with Gasteiger partial charge in [0.25, 0.3) is 5.56 Å². The highest BCUT2D eigenvalue weighted by Gasteiger charge is 2.08. The molecule has 5 N–H and O–H groups in total. The van der Waals surface area contributed by atoms with Gasteiger partial charge in [-0.05, 0) is 0 Å². The molecule has 0 radical (unpaired) electrons. The SMILES string of the molecule is CC.CO.Nc1nc2c(ncn2COCCO)c(=O)[nH]1. The number of hydrogen-bond acceptors (Lipinski definition) is 7. The second-order valence-electron chi connectivity index (χ2n) is 3.10. The summed E-state index contributed by atoms with van der Waals surface area (Å²) in [6.07, 6.45) is 1.43. The molecular formula is C11H21N5O4. The van der Waals surface area contributed by atoms with Gasteiger partial charge in [0, 0.05) is 7.11 Å². The average Bonchev–Trinajstić information content (AvgIpc) is 2.87. The van der Waals surface area contributed by atoms with Gasteiger partial charge in [-0.1, -0.05) is 13.8 Å². The van der Waals surface area contributed by atoms with Crippen molar-refractivity contribution >= 4 is 17.1 Å². The predicted octanol–water partition coefficient (Wildman–Crippen LogP) is -0.697. The van der Waals surface area contributed by atoms with Crippen molar-refractivity contribution in [2.45, 2.75) is 20.6 Å². The number of nitrogen functional groups attached to an aromatic ring is 1. The highest BCUT2D eigenvalue weighted by atomic mass is 16.5. The van der Waals surface area contributed by atoms with Gasteiger partial charge in [0.2, 0.25) is 5.95 Å². The minimum atomic E-state index is -0.386. The second-order valence-corrected chi connectivity index (χ2v) is 3.10. The lowest BCUT2D eigenvalue weighted by atomic mass is 10.5. The van der Waals surface area contributed by atoms with Gasteiger partial charge in [0.1, 0.15) is 6.73 Å². The number of ether oxygens (including phenoxy) is 1. The molecule has 2 heterocycles. The van der Waals surface area contributed by atoms with Crippen LogP contribution in [0.1, 0.15) is 13.8 Å². The van der Waals surface area contributed by atoms with Gasteiger partial charge in [0.15, 0.2) is 11.2 Å². The van der Waals surface area contributed by atoms with Crippen LogP contribution < -0.4 is 11.3 Å². The Kier molecular flexibility index (Phi) is 8.92. The Hall–Kier alpha value is -1.97. The first-order chi connectivity index (χ1) is 9.72. The van der Waals surface area contributed by atoms with Crippen LogP contribution in [0.3, 0.4) is 0 Å². The summed E-state index contributed by atoms with van der Waals surface area (Å²) < 4.78 is 6.63. The number of aliphatic hydroxyl groups is 2. The molecule has 0 bridgehead atoms. The molecule has 0 fully saturated rings. The number of nitrogens with zero attached hydrogens (tertiary/aromatic N) is 3. The molecule has 114 valence electrons. The fraction of sp³-hybridized carbons (Fsp3) is 0.545. The van der Waals surface area contributed by atoms with Gasteiger partial charge in [-0.15, -0.1) is 0 Å². The number of nitrogens with two attached hydrogens (primary N) is 1. The first-order valence-electron chi connectivity index (χ1n) is 6.06. The molecule has 0 saturated carbocycles. The van der Waals surface area contributed by atoms with E-state index in [1.54, 1.807) is 0 Å². The Balaban J connectivity index is 0.000000829. The first kappa shape index (κ1) is 18.0. The maximum atomic E-state index is 11.4. The van der Waals surface area contributed by atoms with Gasteiger partial charge < -0.3 is 20.7 Å². The van der Waals surface area contributed by atoms with E-state index in [4.69, 9.17) is 20.7 Å². The third-order valence-corrected chi connectivity index (χ3v) is 1.96. The van der Waals surface area contributed by atoms with Crippen molar-refractivity contribution in [1.82, 2.24) is 19.5 Å². The van der Waals surface area contributed by atoms with E-state index in [1.807, 2.05) is 13.8 Å². The molecule has 0 aromatic carbocycles. The summed E-state index contributed by atoms with van der Waals surface area (Å²) in [5.74, 6) is 0.0291. The monoisotopic (exact) mass is 287 g/mol. The van der Waals surface area contributed by atoms with Crippen LogP contribution in [0.25, 0.3) is 11.2 Å². The van der Waals surface area contributed by atoms with E-state index in [9.17, 15) is 4.79 Å². The van der Waals surface area contributed by atoms with Crippen molar-refractivity contribution < 1.29 is 14.9 Å². The molecule has 9 heteroatoms. The lowest BCUT2D eigenvalue weighted by Crippen LogP contribution is -2.13. The maximum absolute atomic E-state index is 11.4. The normalized spacial score (nSPS) is 9.45. The molecule has 20 heavy (non-hydrogen) atoms. The number of aliphatic hydroxyl groups excluding tert-OH is 2. The molecule has 2 aromatic rings. The van der Waals surface area contributed by atoms with Gasteiger partial charge in [-0.25, -0.2) is 4.98 Å². The molecule has 0 aliphatic heterocycles. The van der Waals surface area contributed by atoms with Crippen molar-refractivity contribution in [3.63, 3.8) is 0 Å². The van der Waals surface area contributed by atoms with Crippen LogP contribution in [0.4, 0.5) is 5.95 Å². The number of aromatic amines is 1. The summed E-state index contributed by atoms with van der Waals surface area (Å²) in [4.78, 5) is 21.6. The van der Waals surface area contributed by atoms with Gasteiger partial charge in [-0.2, -0.15) is 4.98 Å². The Bertz CT molecular complexity index is 551. The van der Waals surface area contributed by atoms with Crippen LogP contribution in [-0.2, 0) is 11.5 Å². The van der Waals surface area contributed by atoms with Gasteiger partial charge in [-0.3, -0.25) is 14.3 Å². The molecule has 0 aliphatic carbocycles. The number of aromatic nitrogens is 4. The average molecular weight is 287 g/mol. The Morgan fingerprint density at radius 1 is 1.45 bits per heavy atom. The number of anilines is 1. The van der Waals surface area contributed by atoms with E-state index in [0.717, 1.165) is 7.11 Å². The summed E-state index contributed by atoms with van der Waals surface area (Å²) in [6, 6.07) is 0. The zero-order valence-corrected chi connectivity index (χ0v) is 11.8. The number of fused-ring (bicyclic) bond motifs is 1. The smallest absolute Gasteiger partial charge is 0.280 e. The third kappa shape index (κ3) is 4.61. The van der Waals surface area contributed by atoms with Gasteiger partial charge in [0.05, 0.1) is 19.5 Å².